The average Bonchev–Trinajstić information content (AvgIpc) is 3.04. The molecule has 5 rings (SSSR count). The summed E-state index contributed by atoms with van der Waals surface area (Å²) in [5.74, 6) is 0.0912. The van der Waals surface area contributed by atoms with Crippen LogP contribution in [0.1, 0.15) is 42.7 Å². The Hall–Kier alpha value is -2.33. The van der Waals surface area contributed by atoms with Crippen LogP contribution in [0.15, 0.2) is 48.5 Å². The van der Waals surface area contributed by atoms with Gasteiger partial charge < -0.3 is 4.74 Å². The van der Waals surface area contributed by atoms with Crippen molar-refractivity contribution in [1.82, 2.24) is 4.90 Å². The van der Waals surface area contributed by atoms with Gasteiger partial charge in [0.25, 0.3) is 0 Å². The number of fused-ring (bicyclic) bond motifs is 5. The quantitative estimate of drug-likeness (QED) is 0.690. The van der Waals surface area contributed by atoms with Crippen LogP contribution in [0.2, 0.25) is 0 Å². The number of benzene rings is 2. The first-order valence-electron chi connectivity index (χ1n) is 9.95. The third kappa shape index (κ3) is 2.74. The van der Waals surface area contributed by atoms with E-state index in [9.17, 15) is 9.59 Å². The largest absolute Gasteiger partial charge is 0.448 e. The van der Waals surface area contributed by atoms with Gasteiger partial charge >= 0.3 is 6.09 Å². The van der Waals surface area contributed by atoms with Crippen LogP contribution in [0, 0.1) is 0 Å². The lowest BCUT2D eigenvalue weighted by Gasteiger charge is -2.46. The van der Waals surface area contributed by atoms with E-state index in [2.05, 4.69) is 24.3 Å². The zero-order valence-electron chi connectivity index (χ0n) is 15.5. The second kappa shape index (κ2) is 6.93. The molecule has 2 aliphatic heterocycles. The normalized spacial score (nSPS) is 26.0. The molecule has 0 aromatic heterocycles. The number of alkyl halides is 1. The molecule has 4 nitrogen and oxygen atoms in total. The minimum atomic E-state index is -0.614. The highest BCUT2D eigenvalue weighted by Gasteiger charge is 2.46. The van der Waals surface area contributed by atoms with Gasteiger partial charge in [0.15, 0.2) is 5.78 Å². The first-order chi connectivity index (χ1) is 13.6. The number of halogens is 1. The predicted octanol–water partition coefficient (Wildman–Crippen LogP) is 4.74. The van der Waals surface area contributed by atoms with Gasteiger partial charge in [-0.1, -0.05) is 48.5 Å². The third-order valence-corrected chi connectivity index (χ3v) is 6.95. The average molecular weight is 396 g/mol. The number of amides is 1. The lowest BCUT2D eigenvalue weighted by molar-refractivity contribution is -0.125. The van der Waals surface area contributed by atoms with E-state index in [0.717, 1.165) is 19.3 Å². The molecule has 2 bridgehead atoms. The first-order valence-corrected chi connectivity index (χ1v) is 10.4. The molecular weight excluding hydrogens is 374 g/mol. The Morgan fingerprint density at radius 1 is 1.04 bits per heavy atom. The van der Waals surface area contributed by atoms with Crippen molar-refractivity contribution in [2.45, 2.75) is 49.1 Å². The van der Waals surface area contributed by atoms with Crippen LogP contribution in [0.25, 0.3) is 11.1 Å². The van der Waals surface area contributed by atoms with E-state index in [0.29, 0.717) is 13.0 Å². The van der Waals surface area contributed by atoms with Gasteiger partial charge in [0.05, 0.1) is 6.04 Å². The van der Waals surface area contributed by atoms with E-state index < -0.39 is 5.38 Å². The summed E-state index contributed by atoms with van der Waals surface area (Å²) < 4.78 is 5.82. The van der Waals surface area contributed by atoms with Gasteiger partial charge in [0.2, 0.25) is 0 Å². The van der Waals surface area contributed by atoms with E-state index in [-0.39, 0.29) is 29.9 Å². The summed E-state index contributed by atoms with van der Waals surface area (Å²) in [4.78, 5) is 26.8. The number of ketones is 1. The fraction of sp³-hybridized carbons (Fsp3) is 0.391. The Balaban J connectivity index is 1.37. The highest BCUT2D eigenvalue weighted by Crippen LogP contribution is 2.44. The van der Waals surface area contributed by atoms with Crippen molar-refractivity contribution in [3.05, 3.63) is 59.7 Å². The highest BCUT2D eigenvalue weighted by atomic mass is 35.5. The van der Waals surface area contributed by atoms with E-state index in [1.54, 1.807) is 4.90 Å². The standard InChI is InChI=1S/C23H22ClNO3/c24-22-20-11-5-6-14(12-21(22)26)25(20)23(27)28-13-19-17-9-3-1-7-15(17)16-8-2-4-10-18(16)19/h1-4,7-10,14,19-20,22H,5-6,11-13H2. The molecule has 0 N–H and O–H groups in total. The van der Waals surface area contributed by atoms with Gasteiger partial charge in [-0.2, -0.15) is 0 Å². The van der Waals surface area contributed by atoms with E-state index in [4.69, 9.17) is 16.3 Å². The summed E-state index contributed by atoms with van der Waals surface area (Å²) in [5, 5.41) is -0.614. The molecule has 3 aliphatic rings. The van der Waals surface area contributed by atoms with Crippen molar-refractivity contribution in [2.24, 2.45) is 0 Å². The minimum Gasteiger partial charge on any atom is -0.448 e. The first kappa shape index (κ1) is 17.7. The van der Waals surface area contributed by atoms with Crippen molar-refractivity contribution in [2.75, 3.05) is 6.61 Å². The number of nitrogens with zero attached hydrogens (tertiary/aromatic N) is 1. The van der Waals surface area contributed by atoms with Crippen LogP contribution < -0.4 is 0 Å². The maximum Gasteiger partial charge on any atom is 0.410 e. The Morgan fingerprint density at radius 3 is 2.36 bits per heavy atom. The number of Topliss-reactive ketones (excluding diaryl/α,β-unsaturated/α-hetero) is 1. The molecule has 5 heteroatoms. The molecule has 3 atom stereocenters. The molecule has 1 amide bonds. The van der Waals surface area contributed by atoms with Crippen LogP contribution in [0.4, 0.5) is 4.79 Å². The summed E-state index contributed by atoms with van der Waals surface area (Å²) in [6, 6.07) is 16.3. The fourth-order valence-electron chi connectivity index (χ4n) is 5.11. The third-order valence-electron chi connectivity index (χ3n) is 6.42. The van der Waals surface area contributed by atoms with Crippen molar-refractivity contribution in [1.29, 1.82) is 0 Å². The van der Waals surface area contributed by atoms with Crippen LogP contribution >= 0.6 is 11.6 Å². The molecule has 0 spiro atoms. The number of rotatable bonds is 2. The number of hydrogen-bond acceptors (Lipinski definition) is 3. The van der Waals surface area contributed by atoms with Gasteiger partial charge in [-0.05, 0) is 41.5 Å². The second-order valence-electron chi connectivity index (χ2n) is 7.94. The number of hydrogen-bond donors (Lipinski definition) is 0. The van der Waals surface area contributed by atoms with Gasteiger partial charge in [-0.3, -0.25) is 9.69 Å². The lowest BCUT2D eigenvalue weighted by Crippen LogP contribution is -2.60. The SMILES string of the molecule is O=C1CC2CCCC(C1Cl)N2C(=O)OCC1c2ccccc2-c2ccccc21. The van der Waals surface area contributed by atoms with Crippen molar-refractivity contribution in [3.8, 4) is 11.1 Å². The van der Waals surface area contributed by atoms with Gasteiger partial charge in [0.1, 0.15) is 12.0 Å². The van der Waals surface area contributed by atoms with Crippen LogP contribution in [-0.4, -0.2) is 40.8 Å². The van der Waals surface area contributed by atoms with E-state index in [1.807, 2.05) is 24.3 Å². The monoisotopic (exact) mass is 395 g/mol. The molecule has 1 aliphatic carbocycles. The number of piperidine rings is 2. The molecule has 2 saturated heterocycles. The van der Waals surface area contributed by atoms with Crippen molar-refractivity contribution in [3.63, 3.8) is 0 Å². The molecule has 2 fully saturated rings. The highest BCUT2D eigenvalue weighted by molar-refractivity contribution is 6.32. The molecule has 3 unspecified atom stereocenters. The molecule has 144 valence electrons. The Labute approximate surface area is 169 Å². The predicted molar refractivity (Wildman–Crippen MR) is 108 cm³/mol. The topological polar surface area (TPSA) is 46.6 Å². The van der Waals surface area contributed by atoms with Gasteiger partial charge in [-0.15, -0.1) is 11.6 Å². The Morgan fingerprint density at radius 2 is 1.68 bits per heavy atom. The molecule has 2 heterocycles. The molecule has 2 aromatic carbocycles. The summed E-state index contributed by atoms with van der Waals surface area (Å²) in [6.07, 6.45) is 2.61. The maximum atomic E-state index is 13.0. The Kier molecular flexibility index (Phi) is 4.39. The lowest BCUT2D eigenvalue weighted by atomic mass is 9.84. The molecule has 28 heavy (non-hydrogen) atoms. The minimum absolute atomic E-state index is 0.0365. The van der Waals surface area contributed by atoms with Crippen molar-refractivity contribution < 1.29 is 14.3 Å². The van der Waals surface area contributed by atoms with Gasteiger partial charge in [0, 0.05) is 18.4 Å². The van der Waals surface area contributed by atoms with E-state index >= 15 is 0 Å². The molecular formula is C23H22ClNO3. The second-order valence-corrected chi connectivity index (χ2v) is 8.41. The van der Waals surface area contributed by atoms with Crippen LogP contribution in [0.3, 0.4) is 0 Å². The van der Waals surface area contributed by atoms with Crippen molar-refractivity contribution >= 4 is 23.5 Å². The summed E-state index contributed by atoms with van der Waals surface area (Å²) in [6.45, 7) is 0.295. The number of carbonyl (C=O) groups excluding carboxylic acids is 2. The summed E-state index contributed by atoms with van der Waals surface area (Å²) in [5.41, 5.74) is 4.81. The zero-order chi connectivity index (χ0) is 19.3. The van der Waals surface area contributed by atoms with Crippen LogP contribution in [-0.2, 0) is 9.53 Å². The number of ether oxygens (including phenoxy) is 1. The molecule has 0 saturated carbocycles. The Bertz CT molecular complexity index is 897. The number of carbonyl (C=O) groups is 2. The zero-order valence-corrected chi connectivity index (χ0v) is 16.3. The van der Waals surface area contributed by atoms with E-state index in [1.165, 1.54) is 22.3 Å². The fourth-order valence-corrected chi connectivity index (χ4v) is 5.45. The summed E-state index contributed by atoms with van der Waals surface area (Å²) in [7, 11) is 0. The smallest absolute Gasteiger partial charge is 0.410 e. The molecule has 0 radical (unpaired) electrons. The maximum absolute atomic E-state index is 13.0. The molecule has 2 aromatic rings. The summed E-state index contributed by atoms with van der Waals surface area (Å²) >= 11 is 6.33. The van der Waals surface area contributed by atoms with Crippen LogP contribution in [0.5, 0.6) is 0 Å². The van der Waals surface area contributed by atoms with Gasteiger partial charge in [-0.25, -0.2) is 4.79 Å².